The van der Waals surface area contributed by atoms with Crippen LogP contribution in [0.25, 0.3) is 11.3 Å². The van der Waals surface area contributed by atoms with Crippen molar-refractivity contribution in [2.75, 3.05) is 14.2 Å². The van der Waals surface area contributed by atoms with Crippen molar-refractivity contribution in [3.8, 4) is 28.8 Å². The highest BCUT2D eigenvalue weighted by atomic mass is 16.5. The Morgan fingerprint density at radius 2 is 2.00 bits per heavy atom. The number of rotatable bonds is 3. The van der Waals surface area contributed by atoms with Gasteiger partial charge in [-0.25, -0.2) is 0 Å². The molecule has 2 aromatic rings. The van der Waals surface area contributed by atoms with Gasteiger partial charge in [0.2, 0.25) is 0 Å². The molecular formula is C14H11N2O2. The topological polar surface area (TPSA) is 55.1 Å². The van der Waals surface area contributed by atoms with Gasteiger partial charge in [0, 0.05) is 17.8 Å². The van der Waals surface area contributed by atoms with Crippen LogP contribution in [0.1, 0.15) is 5.56 Å². The molecule has 1 radical (unpaired) electrons. The molecule has 0 unspecified atom stereocenters. The molecular weight excluding hydrogens is 228 g/mol. The molecule has 0 N–H and O–H groups in total. The van der Waals surface area contributed by atoms with Gasteiger partial charge >= 0.3 is 0 Å². The molecule has 1 aromatic carbocycles. The molecule has 4 nitrogen and oxygen atoms in total. The van der Waals surface area contributed by atoms with Gasteiger partial charge in [-0.15, -0.1) is 0 Å². The lowest BCUT2D eigenvalue weighted by molar-refractivity contribution is 0.409. The van der Waals surface area contributed by atoms with E-state index in [0.717, 1.165) is 5.56 Å². The predicted octanol–water partition coefficient (Wildman–Crippen LogP) is 2.44. The van der Waals surface area contributed by atoms with E-state index in [1.807, 2.05) is 0 Å². The van der Waals surface area contributed by atoms with Crippen molar-refractivity contribution in [1.29, 1.82) is 5.26 Å². The van der Waals surface area contributed by atoms with Gasteiger partial charge in [0.15, 0.2) is 0 Å². The molecule has 0 aliphatic carbocycles. The average molecular weight is 239 g/mol. The van der Waals surface area contributed by atoms with E-state index >= 15 is 0 Å². The minimum absolute atomic E-state index is 0.544. The van der Waals surface area contributed by atoms with Crippen LogP contribution in [-0.4, -0.2) is 19.2 Å². The molecule has 0 atom stereocenters. The molecule has 0 bridgehead atoms. The van der Waals surface area contributed by atoms with Crippen LogP contribution >= 0.6 is 0 Å². The molecule has 89 valence electrons. The summed E-state index contributed by atoms with van der Waals surface area (Å²) in [5.41, 5.74) is 1.90. The van der Waals surface area contributed by atoms with Crippen LogP contribution in [0.2, 0.25) is 0 Å². The van der Waals surface area contributed by atoms with Gasteiger partial charge in [-0.05, 0) is 24.3 Å². The van der Waals surface area contributed by atoms with Crippen molar-refractivity contribution in [3.63, 3.8) is 0 Å². The number of nitriles is 1. The van der Waals surface area contributed by atoms with Crippen LogP contribution in [-0.2, 0) is 0 Å². The summed E-state index contributed by atoms with van der Waals surface area (Å²) in [5, 5.41) is 8.95. The van der Waals surface area contributed by atoms with Crippen molar-refractivity contribution in [2.24, 2.45) is 0 Å². The van der Waals surface area contributed by atoms with Crippen molar-refractivity contribution in [1.82, 2.24) is 4.98 Å². The Morgan fingerprint density at radius 1 is 1.22 bits per heavy atom. The SMILES string of the molecule is COc1ccc(C#N)cc1-c1nc[c]cc1OC. The smallest absolute Gasteiger partial charge is 0.145 e. The molecule has 1 aromatic heterocycles. The lowest BCUT2D eigenvalue weighted by Crippen LogP contribution is -1.94. The predicted molar refractivity (Wildman–Crippen MR) is 66.3 cm³/mol. The van der Waals surface area contributed by atoms with Crippen molar-refractivity contribution in [3.05, 3.63) is 42.1 Å². The summed E-state index contributed by atoms with van der Waals surface area (Å²) in [6, 6.07) is 11.8. The Balaban J connectivity index is 2.65. The van der Waals surface area contributed by atoms with Crippen LogP contribution in [0.3, 0.4) is 0 Å². The molecule has 4 heteroatoms. The Bertz CT molecular complexity index is 603. The minimum Gasteiger partial charge on any atom is -0.496 e. The Kier molecular flexibility index (Phi) is 3.44. The lowest BCUT2D eigenvalue weighted by Gasteiger charge is -2.11. The van der Waals surface area contributed by atoms with Crippen LogP contribution in [0.15, 0.2) is 30.5 Å². The number of hydrogen-bond donors (Lipinski definition) is 0. The maximum atomic E-state index is 8.95. The van der Waals surface area contributed by atoms with Crippen molar-refractivity contribution < 1.29 is 9.47 Å². The molecule has 0 aliphatic rings. The van der Waals surface area contributed by atoms with E-state index < -0.39 is 0 Å². The first-order valence-corrected chi connectivity index (χ1v) is 5.28. The zero-order valence-electron chi connectivity index (χ0n) is 10.1. The molecule has 18 heavy (non-hydrogen) atoms. The lowest BCUT2D eigenvalue weighted by atomic mass is 10.1. The van der Waals surface area contributed by atoms with Crippen molar-refractivity contribution >= 4 is 0 Å². The maximum Gasteiger partial charge on any atom is 0.145 e. The highest BCUT2D eigenvalue weighted by Gasteiger charge is 2.13. The van der Waals surface area contributed by atoms with Gasteiger partial charge in [0.25, 0.3) is 0 Å². The van der Waals surface area contributed by atoms with E-state index in [2.05, 4.69) is 17.1 Å². The molecule has 0 amide bonds. The average Bonchev–Trinajstić information content (AvgIpc) is 2.46. The number of pyridine rings is 1. The second-order valence-electron chi connectivity index (χ2n) is 3.51. The van der Waals surface area contributed by atoms with E-state index in [1.165, 1.54) is 0 Å². The van der Waals surface area contributed by atoms with Crippen LogP contribution in [0, 0.1) is 17.4 Å². The zero-order valence-corrected chi connectivity index (χ0v) is 10.1. The van der Waals surface area contributed by atoms with E-state index in [1.54, 1.807) is 44.7 Å². The Labute approximate surface area is 105 Å². The second kappa shape index (κ2) is 5.19. The molecule has 0 fully saturated rings. The third-order valence-electron chi connectivity index (χ3n) is 2.52. The third-order valence-corrected chi connectivity index (χ3v) is 2.52. The number of ether oxygens (including phenoxy) is 2. The molecule has 0 aliphatic heterocycles. The summed E-state index contributed by atoms with van der Waals surface area (Å²) in [5.74, 6) is 1.23. The van der Waals surface area contributed by atoms with Gasteiger partial charge < -0.3 is 9.47 Å². The summed E-state index contributed by atoms with van der Waals surface area (Å²) in [7, 11) is 3.14. The number of nitrogens with zero attached hydrogens (tertiary/aromatic N) is 2. The van der Waals surface area contributed by atoms with Crippen LogP contribution in [0.4, 0.5) is 0 Å². The summed E-state index contributed by atoms with van der Waals surface area (Å²) in [6.07, 6.45) is 1.55. The Morgan fingerprint density at radius 3 is 2.67 bits per heavy atom. The van der Waals surface area contributed by atoms with E-state index in [-0.39, 0.29) is 0 Å². The van der Waals surface area contributed by atoms with Gasteiger partial charge in [0.1, 0.15) is 17.2 Å². The number of aromatic nitrogens is 1. The van der Waals surface area contributed by atoms with E-state index in [9.17, 15) is 0 Å². The number of methoxy groups -OCH3 is 2. The largest absolute Gasteiger partial charge is 0.496 e. The van der Waals surface area contributed by atoms with Gasteiger partial charge in [0.05, 0.1) is 25.9 Å². The van der Waals surface area contributed by atoms with Gasteiger partial charge in [-0.3, -0.25) is 4.98 Å². The first kappa shape index (κ1) is 11.9. The maximum absolute atomic E-state index is 8.95. The Hall–Kier alpha value is -2.54. The fraction of sp³-hybridized carbons (Fsp3) is 0.143. The fourth-order valence-corrected chi connectivity index (χ4v) is 1.67. The third kappa shape index (κ3) is 2.11. The quantitative estimate of drug-likeness (QED) is 0.825. The summed E-state index contributed by atoms with van der Waals surface area (Å²) in [4.78, 5) is 4.23. The number of hydrogen-bond acceptors (Lipinski definition) is 4. The van der Waals surface area contributed by atoms with Crippen LogP contribution in [0.5, 0.6) is 11.5 Å². The molecule has 2 rings (SSSR count). The van der Waals surface area contributed by atoms with Gasteiger partial charge in [-0.2, -0.15) is 5.26 Å². The van der Waals surface area contributed by atoms with E-state index in [4.69, 9.17) is 14.7 Å². The monoisotopic (exact) mass is 239 g/mol. The normalized spacial score (nSPS) is 9.61. The highest BCUT2D eigenvalue weighted by molar-refractivity contribution is 5.73. The number of benzene rings is 1. The fourth-order valence-electron chi connectivity index (χ4n) is 1.67. The first-order chi connectivity index (χ1) is 8.80. The first-order valence-electron chi connectivity index (χ1n) is 5.28. The second-order valence-corrected chi connectivity index (χ2v) is 3.51. The van der Waals surface area contributed by atoms with Crippen molar-refractivity contribution in [2.45, 2.75) is 0 Å². The molecule has 0 saturated heterocycles. The molecule has 0 spiro atoms. The van der Waals surface area contributed by atoms with Crippen LogP contribution < -0.4 is 9.47 Å². The summed E-state index contributed by atoms with van der Waals surface area (Å²) >= 11 is 0. The molecule has 1 heterocycles. The minimum atomic E-state index is 0.544. The zero-order chi connectivity index (χ0) is 13.0. The standard InChI is InChI=1S/C14H11N2O2/c1-17-12-6-5-10(9-15)8-11(12)14-13(18-2)4-3-7-16-14/h4-8H,1-2H3. The summed E-state index contributed by atoms with van der Waals surface area (Å²) in [6.45, 7) is 0. The summed E-state index contributed by atoms with van der Waals surface area (Å²) < 4.78 is 10.5. The van der Waals surface area contributed by atoms with Gasteiger partial charge in [-0.1, -0.05) is 0 Å². The van der Waals surface area contributed by atoms with E-state index in [0.29, 0.717) is 22.8 Å². The molecule has 0 saturated carbocycles. The highest BCUT2D eigenvalue weighted by Crippen LogP contribution is 2.34.